The highest BCUT2D eigenvalue weighted by Crippen LogP contribution is 2.26. The molecule has 1 fully saturated rings. The number of carbonyl (C=O) groups is 1. The van der Waals surface area contributed by atoms with Crippen molar-refractivity contribution in [2.24, 2.45) is 0 Å². The van der Waals surface area contributed by atoms with Crippen molar-refractivity contribution in [1.29, 1.82) is 0 Å². The van der Waals surface area contributed by atoms with E-state index >= 15 is 0 Å². The number of carbonyl (C=O) groups excluding carboxylic acids is 1. The standard InChI is InChI=1S/C23H24FN3O2S/c24-18-5-3-17(4-6-18)23(21-2-1-15-30-21)25-16-22(28)26-19-7-9-20(10-8-19)27-11-13-29-14-12-27/h1-10,15,23,25H,11-14,16H2,(H,26,28). The Morgan fingerprint density at radius 3 is 2.47 bits per heavy atom. The molecular weight excluding hydrogens is 401 g/mol. The highest BCUT2D eigenvalue weighted by Gasteiger charge is 2.17. The molecule has 2 N–H and O–H groups in total. The van der Waals surface area contributed by atoms with E-state index < -0.39 is 0 Å². The summed E-state index contributed by atoms with van der Waals surface area (Å²) in [5.74, 6) is -0.403. The number of rotatable bonds is 7. The van der Waals surface area contributed by atoms with Crippen LogP contribution in [-0.2, 0) is 9.53 Å². The molecule has 4 rings (SSSR count). The van der Waals surface area contributed by atoms with E-state index in [1.807, 2.05) is 41.8 Å². The molecule has 1 unspecified atom stereocenters. The maximum absolute atomic E-state index is 13.3. The summed E-state index contributed by atoms with van der Waals surface area (Å²) in [7, 11) is 0. The lowest BCUT2D eigenvalue weighted by molar-refractivity contribution is -0.115. The van der Waals surface area contributed by atoms with Crippen molar-refractivity contribution in [3.63, 3.8) is 0 Å². The molecule has 1 atom stereocenters. The molecule has 0 spiro atoms. The van der Waals surface area contributed by atoms with Gasteiger partial charge in [0.05, 0.1) is 25.8 Å². The Morgan fingerprint density at radius 1 is 1.07 bits per heavy atom. The van der Waals surface area contributed by atoms with Crippen LogP contribution < -0.4 is 15.5 Å². The zero-order valence-corrected chi connectivity index (χ0v) is 17.3. The zero-order chi connectivity index (χ0) is 20.8. The van der Waals surface area contributed by atoms with E-state index in [1.54, 1.807) is 23.5 Å². The number of ether oxygens (including phenoxy) is 1. The highest BCUT2D eigenvalue weighted by molar-refractivity contribution is 7.10. The lowest BCUT2D eigenvalue weighted by Crippen LogP contribution is -2.36. The van der Waals surface area contributed by atoms with Gasteiger partial charge in [-0.2, -0.15) is 0 Å². The number of thiophene rings is 1. The Morgan fingerprint density at radius 2 is 1.80 bits per heavy atom. The number of morpholine rings is 1. The number of halogens is 1. The van der Waals surface area contributed by atoms with Crippen LogP contribution in [0, 0.1) is 5.82 Å². The molecule has 30 heavy (non-hydrogen) atoms. The van der Waals surface area contributed by atoms with Crippen LogP contribution in [0.15, 0.2) is 66.0 Å². The molecule has 2 heterocycles. The Balaban J connectivity index is 1.36. The van der Waals surface area contributed by atoms with Crippen LogP contribution in [0.3, 0.4) is 0 Å². The van der Waals surface area contributed by atoms with Gasteiger partial charge in [0.1, 0.15) is 5.82 Å². The van der Waals surface area contributed by atoms with Gasteiger partial charge >= 0.3 is 0 Å². The Bertz CT molecular complexity index is 940. The van der Waals surface area contributed by atoms with Gasteiger partial charge < -0.3 is 15.0 Å². The van der Waals surface area contributed by atoms with Crippen molar-refractivity contribution in [1.82, 2.24) is 5.32 Å². The lowest BCUT2D eigenvalue weighted by Gasteiger charge is -2.28. The first-order valence-corrected chi connectivity index (χ1v) is 10.8. The molecule has 1 amide bonds. The Hall–Kier alpha value is -2.74. The van der Waals surface area contributed by atoms with Gasteiger partial charge in [0.25, 0.3) is 0 Å². The van der Waals surface area contributed by atoms with E-state index in [0.717, 1.165) is 48.1 Å². The molecule has 3 aromatic rings. The van der Waals surface area contributed by atoms with Crippen LogP contribution in [0.2, 0.25) is 0 Å². The molecule has 2 aromatic carbocycles. The van der Waals surface area contributed by atoms with Gasteiger partial charge in [-0.25, -0.2) is 4.39 Å². The van der Waals surface area contributed by atoms with E-state index in [0.29, 0.717) is 0 Å². The van der Waals surface area contributed by atoms with Crippen LogP contribution in [-0.4, -0.2) is 38.8 Å². The molecule has 0 aliphatic carbocycles. The third-order valence-corrected chi connectivity index (χ3v) is 5.96. The minimum Gasteiger partial charge on any atom is -0.378 e. The largest absolute Gasteiger partial charge is 0.378 e. The number of nitrogens with one attached hydrogen (secondary N) is 2. The van der Waals surface area contributed by atoms with Crippen LogP contribution >= 0.6 is 11.3 Å². The number of hydrogen-bond acceptors (Lipinski definition) is 5. The molecule has 1 aliphatic heterocycles. The van der Waals surface area contributed by atoms with Crippen LogP contribution in [0.5, 0.6) is 0 Å². The SMILES string of the molecule is O=C(CNC(c1ccc(F)cc1)c1cccs1)Nc1ccc(N2CCOCC2)cc1. The average molecular weight is 426 g/mol. The van der Waals surface area contributed by atoms with Gasteiger partial charge in [-0.1, -0.05) is 18.2 Å². The number of benzene rings is 2. The van der Waals surface area contributed by atoms with Crippen LogP contribution in [0.25, 0.3) is 0 Å². The number of nitrogens with zero attached hydrogens (tertiary/aromatic N) is 1. The molecule has 0 bridgehead atoms. The van der Waals surface area contributed by atoms with Crippen molar-refractivity contribution in [2.75, 3.05) is 43.1 Å². The predicted octanol–water partition coefficient (Wildman–Crippen LogP) is 4.04. The second-order valence-corrected chi connectivity index (χ2v) is 8.05. The average Bonchev–Trinajstić information content (AvgIpc) is 3.31. The summed E-state index contributed by atoms with van der Waals surface area (Å²) >= 11 is 1.60. The third-order valence-electron chi connectivity index (χ3n) is 5.03. The van der Waals surface area contributed by atoms with Gasteiger partial charge in [0.2, 0.25) is 5.91 Å². The Labute approximate surface area is 179 Å². The van der Waals surface area contributed by atoms with Crippen molar-refractivity contribution >= 4 is 28.6 Å². The van der Waals surface area contributed by atoms with Crippen molar-refractivity contribution in [3.05, 3.63) is 82.3 Å². The van der Waals surface area contributed by atoms with Gasteiger partial charge in [0.15, 0.2) is 0 Å². The van der Waals surface area contributed by atoms with Crippen molar-refractivity contribution < 1.29 is 13.9 Å². The van der Waals surface area contributed by atoms with Crippen molar-refractivity contribution in [2.45, 2.75) is 6.04 Å². The fourth-order valence-electron chi connectivity index (χ4n) is 3.47. The highest BCUT2D eigenvalue weighted by atomic mass is 32.1. The normalized spacial score (nSPS) is 15.0. The quantitative estimate of drug-likeness (QED) is 0.600. The predicted molar refractivity (Wildman–Crippen MR) is 119 cm³/mol. The second kappa shape index (κ2) is 9.84. The molecule has 0 saturated carbocycles. The minimum atomic E-state index is -0.276. The first-order chi connectivity index (χ1) is 14.7. The molecule has 0 radical (unpaired) electrons. The van der Waals surface area contributed by atoms with E-state index in [-0.39, 0.29) is 24.3 Å². The Kier molecular flexibility index (Phi) is 6.74. The van der Waals surface area contributed by atoms with Gasteiger partial charge in [0, 0.05) is 29.3 Å². The van der Waals surface area contributed by atoms with Gasteiger partial charge in [-0.05, 0) is 53.4 Å². The molecular formula is C23H24FN3O2S. The van der Waals surface area contributed by atoms with E-state index in [4.69, 9.17) is 4.74 Å². The fourth-order valence-corrected chi connectivity index (χ4v) is 4.30. The molecule has 1 aromatic heterocycles. The van der Waals surface area contributed by atoms with Gasteiger partial charge in [-0.15, -0.1) is 11.3 Å². The summed E-state index contributed by atoms with van der Waals surface area (Å²) < 4.78 is 18.7. The first kappa shape index (κ1) is 20.5. The smallest absolute Gasteiger partial charge is 0.238 e. The van der Waals surface area contributed by atoms with E-state index in [1.165, 1.54) is 12.1 Å². The topological polar surface area (TPSA) is 53.6 Å². The summed E-state index contributed by atoms with van der Waals surface area (Å²) in [6, 6.07) is 18.0. The van der Waals surface area contributed by atoms with Crippen molar-refractivity contribution in [3.8, 4) is 0 Å². The number of hydrogen-bond donors (Lipinski definition) is 2. The molecule has 156 valence electrons. The van der Waals surface area contributed by atoms with E-state index in [2.05, 4.69) is 15.5 Å². The van der Waals surface area contributed by atoms with E-state index in [9.17, 15) is 9.18 Å². The summed E-state index contributed by atoms with van der Waals surface area (Å²) in [5.41, 5.74) is 2.80. The second-order valence-electron chi connectivity index (χ2n) is 7.08. The third kappa shape index (κ3) is 5.24. The summed E-state index contributed by atoms with van der Waals surface area (Å²) in [6.07, 6.45) is 0. The fraction of sp³-hybridized carbons (Fsp3) is 0.261. The van der Waals surface area contributed by atoms with Crippen LogP contribution in [0.1, 0.15) is 16.5 Å². The minimum absolute atomic E-state index is 0.127. The summed E-state index contributed by atoms with van der Waals surface area (Å²) in [5, 5.41) is 8.22. The molecule has 5 nitrogen and oxygen atoms in total. The van der Waals surface area contributed by atoms with Crippen LogP contribution in [0.4, 0.5) is 15.8 Å². The molecule has 1 aliphatic rings. The zero-order valence-electron chi connectivity index (χ0n) is 16.5. The first-order valence-electron chi connectivity index (χ1n) is 9.94. The summed E-state index contributed by atoms with van der Waals surface area (Å²) in [4.78, 5) is 15.8. The molecule has 7 heteroatoms. The van der Waals surface area contributed by atoms with Gasteiger partial charge in [-0.3, -0.25) is 10.1 Å². The monoisotopic (exact) mass is 425 g/mol. The molecule has 1 saturated heterocycles. The maximum atomic E-state index is 13.3. The maximum Gasteiger partial charge on any atom is 0.238 e. The summed E-state index contributed by atoms with van der Waals surface area (Å²) in [6.45, 7) is 3.38. The number of amides is 1. The lowest BCUT2D eigenvalue weighted by atomic mass is 10.1. The number of anilines is 2.